The lowest BCUT2D eigenvalue weighted by atomic mass is 9.99. The number of anilines is 2. The molecule has 0 unspecified atom stereocenters. The second-order valence-corrected chi connectivity index (χ2v) is 7.30. The van der Waals surface area contributed by atoms with E-state index < -0.39 is 0 Å². The summed E-state index contributed by atoms with van der Waals surface area (Å²) in [6.07, 6.45) is 2.40. The third-order valence-electron chi connectivity index (χ3n) is 5.06. The quantitative estimate of drug-likeness (QED) is 0.742. The van der Waals surface area contributed by atoms with E-state index in [2.05, 4.69) is 32.5 Å². The van der Waals surface area contributed by atoms with Crippen molar-refractivity contribution >= 4 is 17.4 Å². The Morgan fingerprint density at radius 3 is 2.46 bits per heavy atom. The molecule has 0 bridgehead atoms. The molecular weight excluding hydrogens is 354 g/mol. The van der Waals surface area contributed by atoms with E-state index in [0.717, 1.165) is 36.1 Å². The van der Waals surface area contributed by atoms with Crippen LogP contribution in [0.4, 0.5) is 11.5 Å². The van der Waals surface area contributed by atoms with Crippen LogP contribution in [-0.4, -0.2) is 34.4 Å². The summed E-state index contributed by atoms with van der Waals surface area (Å²) in [5.74, 6) is 2.02. The van der Waals surface area contributed by atoms with E-state index in [4.69, 9.17) is 4.52 Å². The van der Waals surface area contributed by atoms with Gasteiger partial charge in [-0.1, -0.05) is 24.2 Å². The standard InChI is InChI=1S/C21H23N5O2/c1-14-9-11-26(12-10-14)20-8-7-18(23-24-20)16-3-5-17(6-4-16)22-21(27)19-13-15(2)28-25-19/h3-8,13-14H,9-12H2,1-2H3,(H,22,27). The van der Waals surface area contributed by atoms with E-state index in [0.29, 0.717) is 11.4 Å². The second-order valence-electron chi connectivity index (χ2n) is 7.30. The lowest BCUT2D eigenvalue weighted by Crippen LogP contribution is -2.33. The molecule has 28 heavy (non-hydrogen) atoms. The van der Waals surface area contributed by atoms with E-state index >= 15 is 0 Å². The molecule has 1 aliphatic heterocycles. The Kier molecular flexibility index (Phi) is 5.06. The molecule has 7 heteroatoms. The van der Waals surface area contributed by atoms with E-state index in [1.54, 1.807) is 13.0 Å². The third-order valence-corrected chi connectivity index (χ3v) is 5.06. The zero-order valence-corrected chi connectivity index (χ0v) is 16.1. The van der Waals surface area contributed by atoms with Crippen LogP contribution in [0.3, 0.4) is 0 Å². The highest BCUT2D eigenvalue weighted by Crippen LogP contribution is 2.24. The van der Waals surface area contributed by atoms with Crippen LogP contribution in [0.5, 0.6) is 0 Å². The maximum Gasteiger partial charge on any atom is 0.277 e. The molecule has 7 nitrogen and oxygen atoms in total. The Balaban J connectivity index is 1.41. The predicted molar refractivity (Wildman–Crippen MR) is 107 cm³/mol. The van der Waals surface area contributed by atoms with Gasteiger partial charge < -0.3 is 14.7 Å². The average Bonchev–Trinajstić information content (AvgIpc) is 3.16. The summed E-state index contributed by atoms with van der Waals surface area (Å²) in [5, 5.41) is 15.3. The first-order chi connectivity index (χ1) is 13.6. The Morgan fingerprint density at radius 1 is 1.11 bits per heavy atom. The van der Waals surface area contributed by atoms with Crippen LogP contribution in [0.2, 0.25) is 0 Å². The van der Waals surface area contributed by atoms with Gasteiger partial charge in [-0.25, -0.2) is 0 Å². The van der Waals surface area contributed by atoms with Crippen molar-refractivity contribution in [3.63, 3.8) is 0 Å². The molecule has 4 rings (SSSR count). The smallest absolute Gasteiger partial charge is 0.277 e. The average molecular weight is 377 g/mol. The second kappa shape index (κ2) is 7.80. The van der Waals surface area contributed by atoms with Gasteiger partial charge in [0.2, 0.25) is 0 Å². The largest absolute Gasteiger partial charge is 0.361 e. The molecule has 0 spiro atoms. The number of nitrogens with one attached hydrogen (secondary N) is 1. The zero-order chi connectivity index (χ0) is 19.5. The number of hydrogen-bond donors (Lipinski definition) is 1. The monoisotopic (exact) mass is 377 g/mol. The molecular formula is C21H23N5O2. The maximum absolute atomic E-state index is 12.1. The summed E-state index contributed by atoms with van der Waals surface area (Å²) in [6, 6.07) is 13.1. The number of nitrogens with zero attached hydrogens (tertiary/aromatic N) is 4. The minimum absolute atomic E-state index is 0.259. The van der Waals surface area contributed by atoms with Crippen LogP contribution < -0.4 is 10.2 Å². The normalized spacial score (nSPS) is 14.9. The van der Waals surface area contributed by atoms with Gasteiger partial charge in [0.25, 0.3) is 5.91 Å². The third kappa shape index (κ3) is 4.03. The number of hydrogen-bond acceptors (Lipinski definition) is 6. The summed E-state index contributed by atoms with van der Waals surface area (Å²) in [7, 11) is 0. The Bertz CT molecular complexity index is 942. The Hall–Kier alpha value is -3.22. The molecule has 0 atom stereocenters. The van der Waals surface area contributed by atoms with E-state index in [9.17, 15) is 4.79 Å². The zero-order valence-electron chi connectivity index (χ0n) is 16.1. The highest BCUT2D eigenvalue weighted by Gasteiger charge is 2.17. The molecule has 1 N–H and O–H groups in total. The van der Waals surface area contributed by atoms with E-state index in [1.165, 1.54) is 12.8 Å². The van der Waals surface area contributed by atoms with Crippen molar-refractivity contribution in [3.05, 3.63) is 53.9 Å². The molecule has 3 aromatic rings. The fourth-order valence-electron chi connectivity index (χ4n) is 3.28. The molecule has 1 fully saturated rings. The van der Waals surface area contributed by atoms with Gasteiger partial charge in [0.05, 0.1) is 5.69 Å². The van der Waals surface area contributed by atoms with Crippen LogP contribution >= 0.6 is 0 Å². The maximum atomic E-state index is 12.1. The molecule has 1 amide bonds. The number of carbonyl (C=O) groups is 1. The van der Waals surface area contributed by atoms with Crippen molar-refractivity contribution in [2.75, 3.05) is 23.3 Å². The minimum Gasteiger partial charge on any atom is -0.361 e. The number of aryl methyl sites for hydroxylation is 1. The highest BCUT2D eigenvalue weighted by molar-refractivity contribution is 6.02. The van der Waals surface area contributed by atoms with Crippen LogP contribution in [0.15, 0.2) is 47.0 Å². The molecule has 1 aromatic carbocycles. The first-order valence-electron chi connectivity index (χ1n) is 9.52. The number of piperidine rings is 1. The highest BCUT2D eigenvalue weighted by atomic mass is 16.5. The van der Waals surface area contributed by atoms with Gasteiger partial charge >= 0.3 is 0 Å². The lowest BCUT2D eigenvalue weighted by molar-refractivity contribution is 0.101. The van der Waals surface area contributed by atoms with Crippen LogP contribution in [0, 0.1) is 12.8 Å². The van der Waals surface area contributed by atoms with E-state index in [-0.39, 0.29) is 11.6 Å². The van der Waals surface area contributed by atoms with Gasteiger partial charge in [-0.2, -0.15) is 0 Å². The minimum atomic E-state index is -0.301. The molecule has 0 radical (unpaired) electrons. The molecule has 3 heterocycles. The van der Waals surface area contributed by atoms with Crippen molar-refractivity contribution in [1.29, 1.82) is 0 Å². The van der Waals surface area contributed by atoms with Gasteiger partial charge in [0.15, 0.2) is 11.5 Å². The molecule has 144 valence electrons. The van der Waals surface area contributed by atoms with Crippen molar-refractivity contribution < 1.29 is 9.32 Å². The molecule has 0 aliphatic carbocycles. The van der Waals surface area contributed by atoms with Crippen molar-refractivity contribution in [3.8, 4) is 11.3 Å². The fourth-order valence-corrected chi connectivity index (χ4v) is 3.28. The SMILES string of the molecule is Cc1cc(C(=O)Nc2ccc(-c3ccc(N4CCC(C)CC4)nn3)cc2)no1. The first-order valence-corrected chi connectivity index (χ1v) is 9.52. The predicted octanol–water partition coefficient (Wildman–Crippen LogP) is 3.93. The number of aromatic nitrogens is 3. The number of amides is 1. The number of benzene rings is 1. The van der Waals surface area contributed by atoms with Crippen LogP contribution in [-0.2, 0) is 0 Å². The molecule has 2 aromatic heterocycles. The van der Waals surface area contributed by atoms with Gasteiger partial charge in [-0.3, -0.25) is 4.79 Å². The lowest BCUT2D eigenvalue weighted by Gasteiger charge is -2.30. The van der Waals surface area contributed by atoms with Crippen LogP contribution in [0.25, 0.3) is 11.3 Å². The van der Waals surface area contributed by atoms with Gasteiger partial charge in [0.1, 0.15) is 5.76 Å². The van der Waals surface area contributed by atoms with Gasteiger partial charge in [0, 0.05) is 30.4 Å². The molecule has 1 aliphatic rings. The first kappa shape index (κ1) is 18.2. The molecule has 1 saturated heterocycles. The summed E-state index contributed by atoms with van der Waals surface area (Å²) in [4.78, 5) is 14.4. The van der Waals surface area contributed by atoms with Crippen molar-refractivity contribution in [1.82, 2.24) is 15.4 Å². The summed E-state index contributed by atoms with van der Waals surface area (Å²) < 4.78 is 4.93. The fraction of sp³-hybridized carbons (Fsp3) is 0.333. The topological polar surface area (TPSA) is 84.2 Å². The van der Waals surface area contributed by atoms with Crippen molar-refractivity contribution in [2.45, 2.75) is 26.7 Å². The number of carbonyl (C=O) groups excluding carboxylic acids is 1. The van der Waals surface area contributed by atoms with Crippen molar-refractivity contribution in [2.24, 2.45) is 5.92 Å². The summed E-state index contributed by atoms with van der Waals surface area (Å²) >= 11 is 0. The summed E-state index contributed by atoms with van der Waals surface area (Å²) in [6.45, 7) is 6.12. The Labute approximate surface area is 163 Å². The molecule has 0 saturated carbocycles. The number of rotatable bonds is 4. The van der Waals surface area contributed by atoms with E-state index in [1.807, 2.05) is 36.4 Å². The summed E-state index contributed by atoms with van der Waals surface area (Å²) in [5.41, 5.74) is 2.69. The van der Waals surface area contributed by atoms with Gasteiger partial charge in [-0.15, -0.1) is 10.2 Å². The van der Waals surface area contributed by atoms with Gasteiger partial charge in [-0.05, 0) is 49.9 Å². The Morgan fingerprint density at radius 2 is 1.86 bits per heavy atom. The van der Waals surface area contributed by atoms with Crippen LogP contribution in [0.1, 0.15) is 36.0 Å².